The molecule has 1 heterocycles. The molecular weight excluding hydrogens is 340 g/mol. The van der Waals surface area contributed by atoms with Crippen molar-refractivity contribution in [3.05, 3.63) is 59.2 Å². The van der Waals surface area contributed by atoms with E-state index in [-0.39, 0.29) is 17.2 Å². The lowest BCUT2D eigenvalue weighted by Gasteiger charge is -2.35. The highest BCUT2D eigenvalue weighted by molar-refractivity contribution is 6.07. The van der Waals surface area contributed by atoms with E-state index >= 15 is 0 Å². The maximum absolute atomic E-state index is 12.9. The SMILES string of the molecule is Cc1ccc(C(=O)N2CC(C)CC(C)C2)cc1NC(=O)c1ccccc1O. The summed E-state index contributed by atoms with van der Waals surface area (Å²) in [7, 11) is 0. The van der Waals surface area contributed by atoms with Gasteiger partial charge in [-0.05, 0) is 55.0 Å². The van der Waals surface area contributed by atoms with Gasteiger partial charge in [-0.1, -0.05) is 32.0 Å². The van der Waals surface area contributed by atoms with Crippen molar-refractivity contribution in [2.45, 2.75) is 27.2 Å². The summed E-state index contributed by atoms with van der Waals surface area (Å²) < 4.78 is 0. The topological polar surface area (TPSA) is 69.6 Å². The summed E-state index contributed by atoms with van der Waals surface area (Å²) >= 11 is 0. The molecule has 1 fully saturated rings. The number of hydrogen-bond acceptors (Lipinski definition) is 3. The first-order valence-electron chi connectivity index (χ1n) is 9.34. The average molecular weight is 366 g/mol. The summed E-state index contributed by atoms with van der Waals surface area (Å²) in [6, 6.07) is 11.8. The third-order valence-corrected chi connectivity index (χ3v) is 5.04. The number of piperidine rings is 1. The van der Waals surface area contributed by atoms with Crippen LogP contribution in [0.4, 0.5) is 5.69 Å². The largest absolute Gasteiger partial charge is 0.507 e. The third kappa shape index (κ3) is 4.30. The van der Waals surface area contributed by atoms with Crippen LogP contribution in [-0.2, 0) is 0 Å². The van der Waals surface area contributed by atoms with Crippen molar-refractivity contribution in [2.75, 3.05) is 18.4 Å². The van der Waals surface area contributed by atoms with Crippen molar-refractivity contribution in [3.63, 3.8) is 0 Å². The highest BCUT2D eigenvalue weighted by Crippen LogP contribution is 2.25. The minimum Gasteiger partial charge on any atom is -0.507 e. The molecule has 3 rings (SSSR count). The van der Waals surface area contributed by atoms with E-state index in [0.29, 0.717) is 23.1 Å². The number of para-hydroxylation sites is 1. The number of hydrogen-bond donors (Lipinski definition) is 2. The first kappa shape index (κ1) is 19.0. The number of phenols is 1. The van der Waals surface area contributed by atoms with Crippen LogP contribution in [0, 0.1) is 18.8 Å². The molecular formula is C22H26N2O3. The highest BCUT2D eigenvalue weighted by Gasteiger charge is 2.26. The van der Waals surface area contributed by atoms with Crippen LogP contribution < -0.4 is 5.32 Å². The quantitative estimate of drug-likeness (QED) is 0.860. The molecule has 2 aromatic rings. The Morgan fingerprint density at radius 3 is 2.41 bits per heavy atom. The molecule has 2 amide bonds. The van der Waals surface area contributed by atoms with E-state index in [4.69, 9.17) is 0 Å². The Hall–Kier alpha value is -2.82. The Labute approximate surface area is 160 Å². The summed E-state index contributed by atoms with van der Waals surface area (Å²) in [6.45, 7) is 7.74. The number of amides is 2. The second-order valence-corrected chi connectivity index (χ2v) is 7.66. The lowest BCUT2D eigenvalue weighted by Crippen LogP contribution is -2.42. The number of benzene rings is 2. The Bertz CT molecular complexity index is 852. The van der Waals surface area contributed by atoms with Gasteiger partial charge in [-0.25, -0.2) is 0 Å². The monoisotopic (exact) mass is 366 g/mol. The molecule has 1 aliphatic heterocycles. The van der Waals surface area contributed by atoms with Gasteiger partial charge in [-0.2, -0.15) is 0 Å². The van der Waals surface area contributed by atoms with Gasteiger partial charge < -0.3 is 15.3 Å². The van der Waals surface area contributed by atoms with Crippen LogP contribution in [-0.4, -0.2) is 34.9 Å². The Balaban J connectivity index is 1.81. The molecule has 2 N–H and O–H groups in total. The third-order valence-electron chi connectivity index (χ3n) is 5.04. The van der Waals surface area contributed by atoms with Crippen LogP contribution in [0.15, 0.2) is 42.5 Å². The van der Waals surface area contributed by atoms with Crippen molar-refractivity contribution < 1.29 is 14.7 Å². The van der Waals surface area contributed by atoms with E-state index < -0.39 is 5.91 Å². The van der Waals surface area contributed by atoms with Crippen LogP contribution in [0.2, 0.25) is 0 Å². The van der Waals surface area contributed by atoms with Crippen molar-refractivity contribution in [1.29, 1.82) is 0 Å². The number of aromatic hydroxyl groups is 1. The molecule has 2 unspecified atom stereocenters. The average Bonchev–Trinajstić information content (AvgIpc) is 2.62. The Morgan fingerprint density at radius 2 is 1.74 bits per heavy atom. The number of carbonyl (C=O) groups is 2. The number of aryl methyl sites for hydroxylation is 1. The fourth-order valence-corrected chi connectivity index (χ4v) is 3.76. The van der Waals surface area contributed by atoms with Crippen LogP contribution in [0.1, 0.15) is 46.5 Å². The van der Waals surface area contributed by atoms with E-state index in [1.807, 2.05) is 17.9 Å². The van der Waals surface area contributed by atoms with E-state index in [1.54, 1.807) is 30.3 Å². The molecule has 142 valence electrons. The van der Waals surface area contributed by atoms with Crippen molar-refractivity contribution >= 4 is 17.5 Å². The van der Waals surface area contributed by atoms with E-state index in [9.17, 15) is 14.7 Å². The van der Waals surface area contributed by atoms with Gasteiger partial charge in [0.25, 0.3) is 11.8 Å². The molecule has 2 aromatic carbocycles. The highest BCUT2D eigenvalue weighted by atomic mass is 16.3. The van der Waals surface area contributed by atoms with Gasteiger partial charge in [0.15, 0.2) is 0 Å². The van der Waals surface area contributed by atoms with Gasteiger partial charge in [0.1, 0.15) is 5.75 Å². The number of nitrogens with zero attached hydrogens (tertiary/aromatic N) is 1. The van der Waals surface area contributed by atoms with Crippen molar-refractivity contribution in [1.82, 2.24) is 4.90 Å². The minimum atomic E-state index is -0.402. The molecule has 1 aliphatic rings. The predicted octanol–water partition coefficient (Wildman–Crippen LogP) is 4.07. The van der Waals surface area contributed by atoms with E-state index in [2.05, 4.69) is 19.2 Å². The Morgan fingerprint density at radius 1 is 1.07 bits per heavy atom. The second kappa shape index (κ2) is 7.82. The standard InChI is InChI=1S/C22H26N2O3/c1-14-10-15(2)13-24(12-14)22(27)17-9-8-16(3)19(11-17)23-21(26)18-6-4-5-7-20(18)25/h4-9,11,14-15,25H,10,12-13H2,1-3H3,(H,23,26). The molecule has 27 heavy (non-hydrogen) atoms. The molecule has 0 bridgehead atoms. The van der Waals surface area contributed by atoms with E-state index in [0.717, 1.165) is 25.1 Å². The number of carbonyl (C=O) groups excluding carboxylic acids is 2. The number of nitrogens with one attached hydrogen (secondary N) is 1. The van der Waals surface area contributed by atoms with Gasteiger partial charge in [0, 0.05) is 24.3 Å². The van der Waals surface area contributed by atoms with E-state index in [1.165, 1.54) is 6.07 Å². The van der Waals surface area contributed by atoms with Gasteiger partial charge in [0.05, 0.1) is 5.56 Å². The smallest absolute Gasteiger partial charge is 0.259 e. The lowest BCUT2D eigenvalue weighted by atomic mass is 9.91. The van der Waals surface area contributed by atoms with Crippen molar-refractivity contribution in [2.24, 2.45) is 11.8 Å². The van der Waals surface area contributed by atoms with Crippen LogP contribution in [0.3, 0.4) is 0 Å². The summed E-state index contributed by atoms with van der Waals surface area (Å²) in [5.74, 6) is 0.496. The van der Waals surface area contributed by atoms with Crippen LogP contribution >= 0.6 is 0 Å². The molecule has 1 saturated heterocycles. The first-order valence-corrected chi connectivity index (χ1v) is 9.34. The van der Waals surface area contributed by atoms with Gasteiger partial charge in [-0.3, -0.25) is 9.59 Å². The maximum Gasteiger partial charge on any atom is 0.259 e. The molecule has 5 heteroatoms. The van der Waals surface area contributed by atoms with Crippen LogP contribution in [0.25, 0.3) is 0 Å². The molecule has 0 spiro atoms. The number of likely N-dealkylation sites (tertiary alicyclic amines) is 1. The zero-order valence-electron chi connectivity index (χ0n) is 16.0. The summed E-state index contributed by atoms with van der Waals surface area (Å²) in [4.78, 5) is 27.3. The van der Waals surface area contributed by atoms with Crippen molar-refractivity contribution in [3.8, 4) is 5.75 Å². The molecule has 5 nitrogen and oxygen atoms in total. The molecule has 0 aliphatic carbocycles. The number of rotatable bonds is 3. The van der Waals surface area contributed by atoms with Gasteiger partial charge >= 0.3 is 0 Å². The first-order chi connectivity index (χ1) is 12.8. The number of anilines is 1. The second-order valence-electron chi connectivity index (χ2n) is 7.66. The van der Waals surface area contributed by atoms with Crippen LogP contribution in [0.5, 0.6) is 5.75 Å². The maximum atomic E-state index is 12.9. The van der Waals surface area contributed by atoms with Gasteiger partial charge in [-0.15, -0.1) is 0 Å². The molecule has 0 saturated carbocycles. The molecule has 0 radical (unpaired) electrons. The fourth-order valence-electron chi connectivity index (χ4n) is 3.76. The summed E-state index contributed by atoms with van der Waals surface area (Å²) in [5, 5.41) is 12.7. The lowest BCUT2D eigenvalue weighted by molar-refractivity contribution is 0.0623. The summed E-state index contributed by atoms with van der Waals surface area (Å²) in [5.41, 5.74) is 2.20. The normalized spacial score (nSPS) is 19.6. The predicted molar refractivity (Wildman–Crippen MR) is 106 cm³/mol. The number of phenolic OH excluding ortho intramolecular Hbond substituents is 1. The zero-order chi connectivity index (χ0) is 19.6. The zero-order valence-corrected chi connectivity index (χ0v) is 16.0. The molecule has 2 atom stereocenters. The van der Waals surface area contributed by atoms with Gasteiger partial charge in [0.2, 0.25) is 0 Å². The summed E-state index contributed by atoms with van der Waals surface area (Å²) in [6.07, 6.45) is 1.14. The fraction of sp³-hybridized carbons (Fsp3) is 0.364. The Kier molecular flexibility index (Phi) is 5.49. The molecule has 0 aromatic heterocycles. The minimum absolute atomic E-state index is 0.00791.